The highest BCUT2D eigenvalue weighted by Crippen LogP contribution is 2.26. The molecule has 20 heavy (non-hydrogen) atoms. The Morgan fingerprint density at radius 3 is 2.85 bits per heavy atom. The molecule has 0 aliphatic carbocycles. The highest BCUT2D eigenvalue weighted by molar-refractivity contribution is 5.81. The molecule has 3 rings (SSSR count). The van der Waals surface area contributed by atoms with Crippen molar-refractivity contribution in [2.75, 3.05) is 12.3 Å². The van der Waals surface area contributed by atoms with Crippen LogP contribution < -0.4 is 10.5 Å². The molecule has 0 atom stereocenters. The Hall–Kier alpha value is -2.49. The largest absolute Gasteiger partial charge is 0.494 e. The Morgan fingerprint density at radius 1 is 1.20 bits per heavy atom. The van der Waals surface area contributed by atoms with Crippen LogP contribution >= 0.6 is 0 Å². The molecule has 2 N–H and O–H groups in total. The normalized spacial score (nSPS) is 10.9. The number of nitrogens with two attached hydrogens (primary N) is 1. The van der Waals surface area contributed by atoms with Crippen LogP contribution in [0.5, 0.6) is 5.75 Å². The van der Waals surface area contributed by atoms with Crippen molar-refractivity contribution in [3.63, 3.8) is 0 Å². The van der Waals surface area contributed by atoms with E-state index in [0.717, 1.165) is 22.5 Å². The average molecular weight is 267 g/mol. The molecular formula is C16H17N3O. The minimum absolute atomic E-state index is 0.485. The average Bonchev–Trinajstić information content (AvgIpc) is 2.75. The van der Waals surface area contributed by atoms with Gasteiger partial charge in [0.2, 0.25) is 5.95 Å². The van der Waals surface area contributed by atoms with Gasteiger partial charge in [-0.1, -0.05) is 12.1 Å². The van der Waals surface area contributed by atoms with Crippen molar-refractivity contribution >= 4 is 17.0 Å². The van der Waals surface area contributed by atoms with Gasteiger partial charge in [-0.25, -0.2) is 4.98 Å². The van der Waals surface area contributed by atoms with Gasteiger partial charge in [0.05, 0.1) is 23.3 Å². The summed E-state index contributed by atoms with van der Waals surface area (Å²) in [6.45, 7) is 4.67. The maximum Gasteiger partial charge on any atom is 0.205 e. The van der Waals surface area contributed by atoms with E-state index in [2.05, 4.69) is 18.0 Å². The second-order valence-electron chi connectivity index (χ2n) is 4.73. The summed E-state index contributed by atoms with van der Waals surface area (Å²) in [4.78, 5) is 4.41. The summed E-state index contributed by atoms with van der Waals surface area (Å²) in [7, 11) is 0. The molecular weight excluding hydrogens is 250 g/mol. The van der Waals surface area contributed by atoms with Crippen LogP contribution in [-0.4, -0.2) is 16.2 Å². The fourth-order valence-corrected chi connectivity index (χ4v) is 2.35. The van der Waals surface area contributed by atoms with Crippen LogP contribution in [0.4, 0.5) is 5.95 Å². The molecule has 102 valence electrons. The van der Waals surface area contributed by atoms with Crippen molar-refractivity contribution in [1.29, 1.82) is 0 Å². The van der Waals surface area contributed by atoms with Crippen molar-refractivity contribution in [3.05, 3.63) is 48.0 Å². The van der Waals surface area contributed by atoms with Crippen LogP contribution in [0.15, 0.2) is 42.5 Å². The first-order valence-corrected chi connectivity index (χ1v) is 6.67. The van der Waals surface area contributed by atoms with Gasteiger partial charge in [-0.2, -0.15) is 0 Å². The molecule has 1 aromatic heterocycles. The van der Waals surface area contributed by atoms with E-state index < -0.39 is 0 Å². The zero-order valence-corrected chi connectivity index (χ0v) is 11.6. The van der Waals surface area contributed by atoms with Crippen LogP contribution in [-0.2, 0) is 0 Å². The van der Waals surface area contributed by atoms with Gasteiger partial charge in [0.25, 0.3) is 0 Å². The molecule has 3 aromatic rings. The molecule has 0 saturated carbocycles. The van der Waals surface area contributed by atoms with E-state index in [0.29, 0.717) is 12.6 Å². The Kier molecular flexibility index (Phi) is 3.06. The highest BCUT2D eigenvalue weighted by atomic mass is 16.5. The van der Waals surface area contributed by atoms with E-state index in [9.17, 15) is 0 Å². The van der Waals surface area contributed by atoms with E-state index >= 15 is 0 Å². The number of fused-ring (bicyclic) bond motifs is 1. The summed E-state index contributed by atoms with van der Waals surface area (Å²) in [6.07, 6.45) is 0. The summed E-state index contributed by atoms with van der Waals surface area (Å²) in [5.74, 6) is 1.32. The van der Waals surface area contributed by atoms with Gasteiger partial charge in [0.1, 0.15) is 5.75 Å². The number of benzene rings is 2. The Balaban J connectivity index is 2.20. The molecule has 0 aliphatic rings. The first kappa shape index (κ1) is 12.5. The van der Waals surface area contributed by atoms with Crippen LogP contribution in [0.1, 0.15) is 12.5 Å². The Morgan fingerprint density at radius 2 is 2.05 bits per heavy atom. The van der Waals surface area contributed by atoms with Gasteiger partial charge in [-0.15, -0.1) is 0 Å². The molecule has 2 aromatic carbocycles. The van der Waals surface area contributed by atoms with Crippen LogP contribution in [0.2, 0.25) is 0 Å². The lowest BCUT2D eigenvalue weighted by Gasteiger charge is -2.09. The Labute approximate surface area is 117 Å². The molecule has 0 saturated heterocycles. The molecule has 0 bridgehead atoms. The summed E-state index contributed by atoms with van der Waals surface area (Å²) in [5, 5.41) is 0. The number of aromatic nitrogens is 2. The standard InChI is InChI=1S/C16H17N3O/c1-3-20-13-6-4-5-12(10-13)19-15-9-11(2)7-8-14(15)18-16(19)17/h4-10H,3H2,1-2H3,(H2,17,18). The number of nitrogen functional groups attached to an aromatic ring is 1. The topological polar surface area (TPSA) is 53.1 Å². The number of hydrogen-bond donors (Lipinski definition) is 1. The molecule has 0 spiro atoms. The quantitative estimate of drug-likeness (QED) is 0.792. The molecule has 0 aliphatic heterocycles. The predicted octanol–water partition coefficient (Wildman–Crippen LogP) is 3.31. The molecule has 0 radical (unpaired) electrons. The summed E-state index contributed by atoms with van der Waals surface area (Å²) < 4.78 is 7.49. The number of ether oxygens (including phenoxy) is 1. The minimum atomic E-state index is 0.485. The van der Waals surface area contributed by atoms with E-state index in [4.69, 9.17) is 10.5 Å². The van der Waals surface area contributed by atoms with Crippen LogP contribution in [0.25, 0.3) is 16.7 Å². The number of hydrogen-bond acceptors (Lipinski definition) is 3. The molecule has 0 amide bonds. The zero-order valence-electron chi connectivity index (χ0n) is 11.6. The van der Waals surface area contributed by atoms with E-state index in [1.54, 1.807) is 0 Å². The lowest BCUT2D eigenvalue weighted by atomic mass is 10.2. The van der Waals surface area contributed by atoms with E-state index in [-0.39, 0.29) is 0 Å². The van der Waals surface area contributed by atoms with Crippen molar-refractivity contribution in [1.82, 2.24) is 9.55 Å². The van der Waals surface area contributed by atoms with Crippen LogP contribution in [0, 0.1) is 6.92 Å². The second-order valence-corrected chi connectivity index (χ2v) is 4.73. The fraction of sp³-hybridized carbons (Fsp3) is 0.188. The number of aryl methyl sites for hydroxylation is 1. The smallest absolute Gasteiger partial charge is 0.205 e. The van der Waals surface area contributed by atoms with Gasteiger partial charge in [-0.3, -0.25) is 4.57 Å². The number of anilines is 1. The van der Waals surface area contributed by atoms with Gasteiger partial charge < -0.3 is 10.5 Å². The van der Waals surface area contributed by atoms with Crippen LogP contribution in [0.3, 0.4) is 0 Å². The molecule has 4 heteroatoms. The third kappa shape index (κ3) is 2.09. The summed E-state index contributed by atoms with van der Waals surface area (Å²) in [6, 6.07) is 14.0. The third-order valence-corrected chi connectivity index (χ3v) is 3.22. The highest BCUT2D eigenvalue weighted by Gasteiger charge is 2.10. The van der Waals surface area contributed by atoms with Gasteiger partial charge in [0, 0.05) is 6.07 Å². The van der Waals surface area contributed by atoms with E-state index in [1.807, 2.05) is 47.9 Å². The molecule has 1 heterocycles. The molecule has 0 unspecified atom stereocenters. The number of rotatable bonds is 3. The van der Waals surface area contributed by atoms with Crippen molar-refractivity contribution in [2.24, 2.45) is 0 Å². The molecule has 0 fully saturated rings. The summed E-state index contributed by atoms with van der Waals surface area (Å²) in [5.41, 5.74) is 10.1. The lowest BCUT2D eigenvalue weighted by Crippen LogP contribution is -2.01. The second kappa shape index (κ2) is 4.89. The van der Waals surface area contributed by atoms with Gasteiger partial charge in [0.15, 0.2) is 0 Å². The Bertz CT molecular complexity index is 762. The van der Waals surface area contributed by atoms with Crippen molar-refractivity contribution in [2.45, 2.75) is 13.8 Å². The molecule has 4 nitrogen and oxygen atoms in total. The first-order chi connectivity index (χ1) is 9.69. The maximum absolute atomic E-state index is 6.07. The monoisotopic (exact) mass is 267 g/mol. The first-order valence-electron chi connectivity index (χ1n) is 6.67. The van der Waals surface area contributed by atoms with Crippen molar-refractivity contribution < 1.29 is 4.74 Å². The third-order valence-electron chi connectivity index (χ3n) is 3.22. The summed E-state index contributed by atoms with van der Waals surface area (Å²) >= 11 is 0. The predicted molar refractivity (Wildman–Crippen MR) is 81.4 cm³/mol. The van der Waals surface area contributed by atoms with E-state index in [1.165, 1.54) is 5.56 Å². The fourth-order valence-electron chi connectivity index (χ4n) is 2.35. The van der Waals surface area contributed by atoms with Gasteiger partial charge in [-0.05, 0) is 43.7 Å². The van der Waals surface area contributed by atoms with Crippen molar-refractivity contribution in [3.8, 4) is 11.4 Å². The number of nitrogens with zero attached hydrogens (tertiary/aromatic N) is 2. The minimum Gasteiger partial charge on any atom is -0.494 e. The zero-order chi connectivity index (χ0) is 14.1. The maximum atomic E-state index is 6.07. The number of imidazole rings is 1. The lowest BCUT2D eigenvalue weighted by molar-refractivity contribution is 0.340. The SMILES string of the molecule is CCOc1cccc(-n2c(N)nc3ccc(C)cc32)c1. The van der Waals surface area contributed by atoms with Gasteiger partial charge >= 0.3 is 0 Å².